The Labute approximate surface area is 231 Å². The van der Waals surface area contributed by atoms with Crippen LogP contribution in [0, 0.1) is 13.8 Å². The van der Waals surface area contributed by atoms with Crippen molar-refractivity contribution in [2.45, 2.75) is 51.6 Å². The van der Waals surface area contributed by atoms with Gasteiger partial charge in [-0.05, 0) is 74.2 Å². The molecule has 0 spiro atoms. The Morgan fingerprint density at radius 1 is 0.949 bits per heavy atom. The number of amides is 2. The molecule has 0 aliphatic carbocycles. The first-order valence-electron chi connectivity index (χ1n) is 13.0. The van der Waals surface area contributed by atoms with E-state index in [9.17, 15) is 18.0 Å². The number of aryl methyl sites for hydroxylation is 2. The molecule has 0 aliphatic heterocycles. The summed E-state index contributed by atoms with van der Waals surface area (Å²) in [6, 6.07) is 20.0. The summed E-state index contributed by atoms with van der Waals surface area (Å²) in [5, 5.41) is 2.81. The van der Waals surface area contributed by atoms with E-state index >= 15 is 0 Å². The molecule has 3 rings (SSSR count). The summed E-state index contributed by atoms with van der Waals surface area (Å²) >= 11 is 0. The third-order valence-electron chi connectivity index (χ3n) is 6.49. The minimum Gasteiger partial charge on any atom is -0.497 e. The summed E-state index contributed by atoms with van der Waals surface area (Å²) in [4.78, 5) is 28.6. The van der Waals surface area contributed by atoms with Crippen LogP contribution in [0.5, 0.6) is 5.75 Å². The maximum Gasteiger partial charge on any atom is 0.264 e. The number of nitrogens with one attached hydrogen (secondary N) is 1. The lowest BCUT2D eigenvalue weighted by Crippen LogP contribution is -2.52. The van der Waals surface area contributed by atoms with Crippen LogP contribution in [0.2, 0.25) is 0 Å². The average Bonchev–Trinajstić information content (AvgIpc) is 2.93. The molecular formula is C30H37N3O5S. The Hall–Kier alpha value is -3.85. The maximum absolute atomic E-state index is 14.1. The van der Waals surface area contributed by atoms with Gasteiger partial charge in [-0.15, -0.1) is 0 Å². The molecule has 0 saturated carbocycles. The largest absolute Gasteiger partial charge is 0.497 e. The van der Waals surface area contributed by atoms with Gasteiger partial charge in [-0.3, -0.25) is 13.9 Å². The molecule has 0 unspecified atom stereocenters. The predicted molar refractivity (Wildman–Crippen MR) is 153 cm³/mol. The molecule has 0 fully saturated rings. The topological polar surface area (TPSA) is 96.0 Å². The number of carbonyl (C=O) groups excluding carboxylic acids is 2. The molecule has 39 heavy (non-hydrogen) atoms. The molecule has 0 aromatic heterocycles. The van der Waals surface area contributed by atoms with Crippen molar-refractivity contribution in [1.82, 2.24) is 10.2 Å². The minimum atomic E-state index is -4.10. The van der Waals surface area contributed by atoms with E-state index in [4.69, 9.17) is 4.74 Å². The molecule has 3 aromatic carbocycles. The monoisotopic (exact) mass is 551 g/mol. The molecule has 2 amide bonds. The first-order valence-corrected chi connectivity index (χ1v) is 14.4. The normalized spacial score (nSPS) is 11.9. The second kappa shape index (κ2) is 13.3. The zero-order valence-corrected chi connectivity index (χ0v) is 24.0. The van der Waals surface area contributed by atoms with Gasteiger partial charge >= 0.3 is 0 Å². The van der Waals surface area contributed by atoms with Gasteiger partial charge in [0.05, 0.1) is 17.7 Å². The van der Waals surface area contributed by atoms with Crippen LogP contribution in [0.3, 0.4) is 0 Å². The number of likely N-dealkylation sites (N-methyl/N-ethyl adjacent to an activating group) is 1. The van der Waals surface area contributed by atoms with Crippen LogP contribution < -0.4 is 14.4 Å². The minimum absolute atomic E-state index is 0.0798. The first-order chi connectivity index (χ1) is 18.6. The Bertz CT molecular complexity index is 1380. The van der Waals surface area contributed by atoms with Gasteiger partial charge in [0.2, 0.25) is 11.8 Å². The highest BCUT2D eigenvalue weighted by atomic mass is 32.2. The number of hydrogen-bond acceptors (Lipinski definition) is 5. The van der Waals surface area contributed by atoms with Crippen molar-refractivity contribution in [3.8, 4) is 5.75 Å². The number of rotatable bonds is 12. The first kappa shape index (κ1) is 29.7. The van der Waals surface area contributed by atoms with Gasteiger partial charge in [-0.2, -0.15) is 0 Å². The van der Waals surface area contributed by atoms with Crippen molar-refractivity contribution in [1.29, 1.82) is 0 Å². The summed E-state index contributed by atoms with van der Waals surface area (Å²) in [6.07, 6.45) is 0.364. The smallest absolute Gasteiger partial charge is 0.264 e. The zero-order chi connectivity index (χ0) is 28.6. The second-order valence-electron chi connectivity index (χ2n) is 9.30. The van der Waals surface area contributed by atoms with E-state index in [1.54, 1.807) is 43.5 Å². The second-order valence-corrected chi connectivity index (χ2v) is 11.2. The number of methoxy groups -OCH3 is 1. The number of carbonyl (C=O) groups is 2. The molecule has 3 aromatic rings. The summed E-state index contributed by atoms with van der Waals surface area (Å²) < 4.78 is 34.2. The Morgan fingerprint density at radius 3 is 2.21 bits per heavy atom. The lowest BCUT2D eigenvalue weighted by atomic mass is 10.1. The van der Waals surface area contributed by atoms with E-state index in [1.165, 1.54) is 17.0 Å². The number of ether oxygens (including phenoxy) is 1. The van der Waals surface area contributed by atoms with Crippen molar-refractivity contribution in [2.24, 2.45) is 0 Å². The number of nitrogens with zero attached hydrogens (tertiary/aromatic N) is 2. The van der Waals surface area contributed by atoms with E-state index < -0.39 is 28.5 Å². The molecular weight excluding hydrogens is 514 g/mol. The highest BCUT2D eigenvalue weighted by Gasteiger charge is 2.34. The Balaban J connectivity index is 2.08. The van der Waals surface area contributed by atoms with Crippen LogP contribution in [0.1, 0.15) is 37.0 Å². The maximum atomic E-state index is 14.1. The summed E-state index contributed by atoms with van der Waals surface area (Å²) in [7, 11) is -2.53. The van der Waals surface area contributed by atoms with Crippen molar-refractivity contribution >= 4 is 27.5 Å². The predicted octanol–water partition coefficient (Wildman–Crippen LogP) is 4.45. The number of benzene rings is 3. The third kappa shape index (κ3) is 7.17. The van der Waals surface area contributed by atoms with Crippen molar-refractivity contribution in [3.05, 3.63) is 89.5 Å². The average molecular weight is 552 g/mol. The zero-order valence-electron chi connectivity index (χ0n) is 23.2. The van der Waals surface area contributed by atoms with Crippen molar-refractivity contribution in [2.75, 3.05) is 24.5 Å². The van der Waals surface area contributed by atoms with Crippen LogP contribution in [0.25, 0.3) is 0 Å². The number of sulfonamides is 1. The summed E-state index contributed by atoms with van der Waals surface area (Å²) in [5.74, 6) is -0.0992. The molecule has 1 N–H and O–H groups in total. The van der Waals surface area contributed by atoms with E-state index in [0.717, 1.165) is 15.4 Å². The van der Waals surface area contributed by atoms with E-state index in [1.807, 2.05) is 52.0 Å². The van der Waals surface area contributed by atoms with Gasteiger partial charge in [0.25, 0.3) is 10.0 Å². The van der Waals surface area contributed by atoms with E-state index in [2.05, 4.69) is 5.32 Å². The fraction of sp³-hybridized carbons (Fsp3) is 0.333. The molecule has 0 aliphatic rings. The molecule has 8 nitrogen and oxygen atoms in total. The lowest BCUT2D eigenvalue weighted by molar-refractivity contribution is -0.140. The van der Waals surface area contributed by atoms with Gasteiger partial charge in [-0.1, -0.05) is 49.4 Å². The van der Waals surface area contributed by atoms with E-state index in [0.29, 0.717) is 30.0 Å². The van der Waals surface area contributed by atoms with Crippen molar-refractivity contribution < 1.29 is 22.7 Å². The van der Waals surface area contributed by atoms with Gasteiger partial charge < -0.3 is 15.0 Å². The fourth-order valence-corrected chi connectivity index (χ4v) is 5.85. The third-order valence-corrected chi connectivity index (χ3v) is 8.27. The highest BCUT2D eigenvalue weighted by Crippen LogP contribution is 2.28. The summed E-state index contributed by atoms with van der Waals surface area (Å²) in [5.41, 5.74) is 2.78. The highest BCUT2D eigenvalue weighted by molar-refractivity contribution is 7.92. The van der Waals surface area contributed by atoms with Gasteiger partial charge in [0.15, 0.2) is 0 Å². The molecule has 0 radical (unpaired) electrons. The van der Waals surface area contributed by atoms with Gasteiger partial charge in [0.1, 0.15) is 18.3 Å². The molecule has 1 atom stereocenters. The molecule has 0 heterocycles. The molecule has 208 valence electrons. The van der Waals surface area contributed by atoms with Crippen LogP contribution in [-0.4, -0.2) is 51.4 Å². The SMILES string of the molecule is CCNC(=O)[C@H](CC)N(Cc1ccc(OC)cc1)C(=O)CN(c1cc(C)ccc1C)S(=O)(=O)c1ccccc1. The Morgan fingerprint density at radius 2 is 1.62 bits per heavy atom. The quantitative estimate of drug-likeness (QED) is 0.359. The van der Waals surface area contributed by atoms with Crippen LogP contribution in [-0.2, 0) is 26.2 Å². The van der Waals surface area contributed by atoms with E-state index in [-0.39, 0.29) is 17.3 Å². The molecule has 0 bridgehead atoms. The van der Waals surface area contributed by atoms with Gasteiger partial charge in [0, 0.05) is 13.1 Å². The lowest BCUT2D eigenvalue weighted by Gasteiger charge is -2.33. The van der Waals surface area contributed by atoms with Gasteiger partial charge in [-0.25, -0.2) is 8.42 Å². The fourth-order valence-electron chi connectivity index (χ4n) is 4.36. The van der Waals surface area contributed by atoms with Crippen molar-refractivity contribution in [3.63, 3.8) is 0 Å². The standard InChI is InChI=1S/C30H37N3O5S/c1-6-27(30(35)31-7-2)32(20-24-15-17-25(38-5)18-16-24)29(34)21-33(28-19-22(3)13-14-23(28)4)39(36,37)26-11-9-8-10-12-26/h8-19,27H,6-7,20-21H2,1-5H3,(H,31,35)/t27-/m0/s1. The van der Waals surface area contributed by atoms with Crippen LogP contribution >= 0.6 is 0 Å². The number of hydrogen-bond donors (Lipinski definition) is 1. The molecule has 0 saturated heterocycles. The van der Waals surface area contributed by atoms with Crippen LogP contribution in [0.15, 0.2) is 77.7 Å². The Kier molecular flexibility index (Phi) is 10.1. The summed E-state index contributed by atoms with van der Waals surface area (Å²) in [6.45, 7) is 7.41. The molecule has 9 heteroatoms. The number of anilines is 1. The van der Waals surface area contributed by atoms with Crippen LogP contribution in [0.4, 0.5) is 5.69 Å².